The average molecular weight is 310 g/mol. The zero-order valence-corrected chi connectivity index (χ0v) is 12.9. The molecule has 2 heterocycles. The second-order valence-electron chi connectivity index (χ2n) is 5.56. The van der Waals surface area contributed by atoms with E-state index in [1.54, 1.807) is 0 Å². The number of hydrogen-bond acceptors (Lipinski definition) is 4. The summed E-state index contributed by atoms with van der Waals surface area (Å²) in [7, 11) is 0. The van der Waals surface area contributed by atoms with Crippen molar-refractivity contribution in [3.63, 3.8) is 0 Å². The van der Waals surface area contributed by atoms with Crippen molar-refractivity contribution in [2.75, 3.05) is 13.2 Å². The molecule has 1 aliphatic heterocycles. The first-order valence-electron chi connectivity index (χ1n) is 7.52. The molecule has 0 aromatic carbocycles. The van der Waals surface area contributed by atoms with Crippen LogP contribution in [0.15, 0.2) is 6.07 Å². The van der Waals surface area contributed by atoms with Crippen molar-refractivity contribution in [3.8, 4) is 5.88 Å². The van der Waals surface area contributed by atoms with E-state index in [4.69, 9.17) is 16.3 Å². The van der Waals surface area contributed by atoms with E-state index in [0.717, 1.165) is 31.4 Å². The fraction of sp³-hybridized carbons (Fsp3) is 0.600. The van der Waals surface area contributed by atoms with Gasteiger partial charge >= 0.3 is 0 Å². The third kappa shape index (κ3) is 3.14. The van der Waals surface area contributed by atoms with Crippen LogP contribution in [0, 0.1) is 0 Å². The fourth-order valence-electron chi connectivity index (χ4n) is 3.14. The van der Waals surface area contributed by atoms with Crippen molar-refractivity contribution in [1.82, 2.24) is 15.6 Å². The summed E-state index contributed by atoms with van der Waals surface area (Å²) in [5.74, 6) is 0.794. The average Bonchev–Trinajstić information content (AvgIpc) is 3.03. The van der Waals surface area contributed by atoms with Gasteiger partial charge < -0.3 is 15.4 Å². The Kier molecular flexibility index (Phi) is 4.31. The number of carbonyl (C=O) groups is 1. The number of nitrogens with one attached hydrogen (secondary N) is 2. The van der Waals surface area contributed by atoms with Crippen LogP contribution in [0.4, 0.5) is 0 Å². The van der Waals surface area contributed by atoms with E-state index in [9.17, 15) is 4.79 Å². The molecule has 0 saturated carbocycles. The summed E-state index contributed by atoms with van der Waals surface area (Å²) in [5, 5.41) is 7.01. The summed E-state index contributed by atoms with van der Waals surface area (Å²) in [6, 6.07) is 2.39. The monoisotopic (exact) mass is 309 g/mol. The summed E-state index contributed by atoms with van der Waals surface area (Å²) >= 11 is 6.05. The van der Waals surface area contributed by atoms with Crippen LogP contribution in [0.25, 0.3) is 0 Å². The molecule has 0 radical (unpaired) electrons. The molecular formula is C15H20ClN3O2. The van der Waals surface area contributed by atoms with Crippen LogP contribution in [0.2, 0.25) is 5.15 Å². The van der Waals surface area contributed by atoms with Crippen LogP contribution < -0.4 is 15.4 Å². The highest BCUT2D eigenvalue weighted by atomic mass is 35.5. The molecule has 1 saturated heterocycles. The van der Waals surface area contributed by atoms with Crippen LogP contribution >= 0.6 is 11.6 Å². The number of aromatic nitrogens is 1. The highest BCUT2D eigenvalue weighted by molar-refractivity contribution is 6.29. The van der Waals surface area contributed by atoms with Crippen LogP contribution in [-0.2, 0) is 11.2 Å². The lowest BCUT2D eigenvalue weighted by atomic mass is 10.1. The molecule has 0 spiro atoms. The Morgan fingerprint density at radius 1 is 1.48 bits per heavy atom. The number of amides is 1. The number of pyridine rings is 1. The Balaban J connectivity index is 1.71. The van der Waals surface area contributed by atoms with Gasteiger partial charge in [0.1, 0.15) is 5.15 Å². The van der Waals surface area contributed by atoms with E-state index < -0.39 is 0 Å². The van der Waals surface area contributed by atoms with Crippen molar-refractivity contribution < 1.29 is 9.53 Å². The topological polar surface area (TPSA) is 63.2 Å². The van der Waals surface area contributed by atoms with E-state index in [0.29, 0.717) is 24.1 Å². The number of ether oxygens (including phenoxy) is 1. The molecular weight excluding hydrogens is 290 g/mol. The van der Waals surface area contributed by atoms with Crippen LogP contribution in [0.3, 0.4) is 0 Å². The largest absolute Gasteiger partial charge is 0.478 e. The van der Waals surface area contributed by atoms with Crippen LogP contribution in [0.5, 0.6) is 5.88 Å². The number of rotatable bonds is 5. The molecule has 6 heteroatoms. The number of halogens is 1. The second kappa shape index (κ2) is 6.20. The molecule has 1 amide bonds. The van der Waals surface area contributed by atoms with Gasteiger partial charge in [-0.05, 0) is 37.8 Å². The smallest absolute Gasteiger partial charge is 0.220 e. The molecule has 3 rings (SSSR count). The highest BCUT2D eigenvalue weighted by Gasteiger charge is 2.29. The summed E-state index contributed by atoms with van der Waals surface area (Å²) in [6.07, 6.45) is 3.53. The molecule has 2 aliphatic rings. The predicted octanol–water partition coefficient (Wildman–Crippen LogP) is 1.99. The van der Waals surface area contributed by atoms with Crippen molar-refractivity contribution in [1.29, 1.82) is 0 Å². The van der Waals surface area contributed by atoms with Gasteiger partial charge in [-0.25, -0.2) is 4.98 Å². The number of aryl methyl sites for hydroxylation is 1. The quantitative estimate of drug-likeness (QED) is 0.817. The maximum absolute atomic E-state index is 11.2. The summed E-state index contributed by atoms with van der Waals surface area (Å²) < 4.78 is 5.64. The minimum Gasteiger partial charge on any atom is -0.478 e. The Morgan fingerprint density at radius 2 is 2.33 bits per heavy atom. The maximum atomic E-state index is 11.2. The minimum absolute atomic E-state index is 0.150. The second-order valence-corrected chi connectivity index (χ2v) is 5.95. The number of carbonyl (C=O) groups excluding carboxylic acids is 1. The Hall–Kier alpha value is -1.33. The SMILES string of the molecule is CCOc1nc(Cl)cc2c1C(NC[C@@H]1CCC(=O)N1)CC2. The summed E-state index contributed by atoms with van der Waals surface area (Å²) in [5.41, 5.74) is 2.34. The molecule has 1 aromatic heterocycles. The molecule has 2 atom stereocenters. The maximum Gasteiger partial charge on any atom is 0.220 e. The van der Waals surface area contributed by atoms with E-state index in [-0.39, 0.29) is 18.0 Å². The zero-order valence-electron chi connectivity index (χ0n) is 12.1. The lowest BCUT2D eigenvalue weighted by molar-refractivity contribution is -0.119. The molecule has 1 unspecified atom stereocenters. The number of nitrogens with zero attached hydrogens (tertiary/aromatic N) is 1. The van der Waals surface area contributed by atoms with Gasteiger partial charge in [-0.15, -0.1) is 0 Å². The van der Waals surface area contributed by atoms with Gasteiger partial charge in [0.25, 0.3) is 0 Å². The first-order chi connectivity index (χ1) is 10.2. The summed E-state index contributed by atoms with van der Waals surface area (Å²) in [6.45, 7) is 3.30. The molecule has 21 heavy (non-hydrogen) atoms. The van der Waals surface area contributed by atoms with E-state index >= 15 is 0 Å². The lowest BCUT2D eigenvalue weighted by Crippen LogP contribution is -2.37. The molecule has 2 N–H and O–H groups in total. The molecule has 0 bridgehead atoms. The number of fused-ring (bicyclic) bond motifs is 1. The van der Waals surface area contributed by atoms with Crippen LogP contribution in [0.1, 0.15) is 43.4 Å². The van der Waals surface area contributed by atoms with Gasteiger partial charge in [0, 0.05) is 30.6 Å². The van der Waals surface area contributed by atoms with Crippen molar-refractivity contribution in [2.45, 2.75) is 44.7 Å². The minimum atomic E-state index is 0.150. The highest BCUT2D eigenvalue weighted by Crippen LogP contribution is 2.38. The Morgan fingerprint density at radius 3 is 3.05 bits per heavy atom. The Bertz CT molecular complexity index is 550. The first-order valence-corrected chi connectivity index (χ1v) is 7.90. The zero-order chi connectivity index (χ0) is 14.8. The van der Waals surface area contributed by atoms with Gasteiger partial charge in [-0.2, -0.15) is 0 Å². The molecule has 114 valence electrons. The van der Waals surface area contributed by atoms with Gasteiger partial charge in [-0.1, -0.05) is 11.6 Å². The van der Waals surface area contributed by atoms with E-state index in [1.165, 1.54) is 5.56 Å². The summed E-state index contributed by atoms with van der Waals surface area (Å²) in [4.78, 5) is 15.6. The normalized spacial score (nSPS) is 24.0. The van der Waals surface area contributed by atoms with Gasteiger partial charge in [0.2, 0.25) is 11.8 Å². The molecule has 1 aliphatic carbocycles. The van der Waals surface area contributed by atoms with Crippen molar-refractivity contribution in [2.24, 2.45) is 0 Å². The van der Waals surface area contributed by atoms with E-state index in [1.807, 2.05) is 13.0 Å². The first kappa shape index (κ1) is 14.6. The number of hydrogen-bond donors (Lipinski definition) is 2. The van der Waals surface area contributed by atoms with E-state index in [2.05, 4.69) is 15.6 Å². The lowest BCUT2D eigenvalue weighted by Gasteiger charge is -2.19. The third-order valence-corrected chi connectivity index (χ3v) is 4.30. The fourth-order valence-corrected chi connectivity index (χ4v) is 3.35. The van der Waals surface area contributed by atoms with Crippen molar-refractivity contribution >= 4 is 17.5 Å². The van der Waals surface area contributed by atoms with Gasteiger partial charge in [-0.3, -0.25) is 4.79 Å². The van der Waals surface area contributed by atoms with Gasteiger partial charge in [0.15, 0.2) is 0 Å². The Labute approximate surface area is 129 Å². The standard InChI is InChI=1S/C15H20ClN3O2/c1-2-21-15-14-9(7-12(16)19-15)3-5-11(14)17-8-10-4-6-13(20)18-10/h7,10-11,17H,2-6,8H2,1H3,(H,18,20)/t10-,11?/m0/s1. The van der Waals surface area contributed by atoms with Gasteiger partial charge in [0.05, 0.1) is 6.61 Å². The van der Waals surface area contributed by atoms with Crippen molar-refractivity contribution in [3.05, 3.63) is 22.3 Å². The molecule has 5 nitrogen and oxygen atoms in total. The molecule has 1 aromatic rings. The van der Waals surface area contributed by atoms with Crippen LogP contribution in [-0.4, -0.2) is 30.1 Å². The predicted molar refractivity (Wildman–Crippen MR) is 80.6 cm³/mol. The molecule has 1 fully saturated rings. The third-order valence-electron chi connectivity index (χ3n) is 4.11.